The van der Waals surface area contributed by atoms with Crippen molar-refractivity contribution in [3.05, 3.63) is 46.4 Å². The molecule has 1 saturated heterocycles. The number of likely N-dealkylation sites (tertiary alicyclic amines) is 1. The zero-order valence-electron chi connectivity index (χ0n) is 14.8. The van der Waals surface area contributed by atoms with Gasteiger partial charge >= 0.3 is 0 Å². The third-order valence-corrected chi connectivity index (χ3v) is 5.42. The Bertz CT molecular complexity index is 940. The number of hydrogen-bond donors (Lipinski definition) is 1. The van der Waals surface area contributed by atoms with Gasteiger partial charge in [0.25, 0.3) is 5.91 Å². The molecule has 8 nitrogen and oxygen atoms in total. The Labute approximate surface area is 160 Å². The molecule has 1 N–H and O–H groups in total. The molecular weight excluding hydrogens is 366 g/mol. The number of aromatic hydroxyl groups is 1. The zero-order valence-corrected chi connectivity index (χ0v) is 15.6. The number of tetrazole rings is 1. The molecule has 0 radical (unpaired) electrons. The van der Waals surface area contributed by atoms with E-state index in [1.807, 2.05) is 22.4 Å². The average molecular weight is 385 g/mol. The Hall–Kier alpha value is -2.94. The van der Waals surface area contributed by atoms with E-state index >= 15 is 0 Å². The van der Waals surface area contributed by atoms with Crippen LogP contribution in [-0.2, 0) is 0 Å². The van der Waals surface area contributed by atoms with Gasteiger partial charge in [-0.3, -0.25) is 4.79 Å². The number of carbonyl (C=O) groups excluding carboxylic acids is 1. The number of phenols is 1. The van der Waals surface area contributed by atoms with Crippen LogP contribution in [0.4, 0.5) is 0 Å². The zero-order chi connectivity index (χ0) is 18.8. The lowest BCUT2D eigenvalue weighted by molar-refractivity contribution is 0.0605. The van der Waals surface area contributed by atoms with Crippen LogP contribution in [0.5, 0.6) is 11.5 Å². The Morgan fingerprint density at radius 3 is 3.00 bits per heavy atom. The van der Waals surface area contributed by atoms with Crippen molar-refractivity contribution in [2.24, 2.45) is 0 Å². The summed E-state index contributed by atoms with van der Waals surface area (Å²) < 4.78 is 5.17. The van der Waals surface area contributed by atoms with Gasteiger partial charge in [-0.2, -0.15) is 0 Å². The highest BCUT2D eigenvalue weighted by molar-refractivity contribution is 7.12. The molecule has 140 valence electrons. The molecule has 1 aliphatic heterocycles. The number of benzene rings is 1. The maximum absolute atomic E-state index is 12.9. The Balaban J connectivity index is 1.63. The first kappa shape index (κ1) is 17.5. The highest BCUT2D eigenvalue weighted by Gasteiger charge is 2.32. The van der Waals surface area contributed by atoms with Crippen LogP contribution in [0.25, 0.3) is 5.69 Å². The molecule has 0 saturated carbocycles. The first-order chi connectivity index (χ1) is 13.2. The molecule has 4 rings (SSSR count). The first-order valence-corrected chi connectivity index (χ1v) is 9.56. The summed E-state index contributed by atoms with van der Waals surface area (Å²) in [5.41, 5.74) is 0.539. The molecule has 0 spiro atoms. The van der Waals surface area contributed by atoms with Crippen molar-refractivity contribution in [1.29, 1.82) is 0 Å². The molecular formula is C18H19N5O3S. The Kier molecular flexibility index (Phi) is 4.76. The van der Waals surface area contributed by atoms with Gasteiger partial charge in [0.15, 0.2) is 5.82 Å². The lowest BCUT2D eigenvalue weighted by Gasteiger charge is -2.33. The molecule has 1 unspecified atom stereocenters. The molecule has 1 atom stereocenters. The molecule has 1 amide bonds. The first-order valence-electron chi connectivity index (χ1n) is 8.68. The second kappa shape index (κ2) is 7.36. The van der Waals surface area contributed by atoms with E-state index in [0.717, 1.165) is 19.3 Å². The summed E-state index contributed by atoms with van der Waals surface area (Å²) in [6.07, 6.45) is 2.77. The molecule has 1 aliphatic rings. The average Bonchev–Trinajstić information content (AvgIpc) is 3.39. The standard InChI is InChI=1S/C18H19N5O3S/c1-26-14-10-12(9-13(24)11-14)23-20-17(19-21-23)15-5-2-3-7-22(15)18(25)16-6-4-8-27-16/h4,6,8-11,15,24H,2-3,5,7H2,1H3. The monoisotopic (exact) mass is 385 g/mol. The van der Waals surface area contributed by atoms with Gasteiger partial charge in [0.05, 0.1) is 23.7 Å². The molecule has 3 aromatic rings. The lowest BCUT2D eigenvalue weighted by Crippen LogP contribution is -2.38. The summed E-state index contributed by atoms with van der Waals surface area (Å²) in [6.45, 7) is 0.676. The number of methoxy groups -OCH3 is 1. The van der Waals surface area contributed by atoms with Crippen LogP contribution in [-0.4, -0.2) is 49.8 Å². The fraction of sp³-hybridized carbons (Fsp3) is 0.333. The van der Waals surface area contributed by atoms with Gasteiger partial charge in [0.1, 0.15) is 11.5 Å². The van der Waals surface area contributed by atoms with Gasteiger partial charge < -0.3 is 14.7 Å². The number of ether oxygens (including phenoxy) is 1. The van der Waals surface area contributed by atoms with Crippen LogP contribution in [0.2, 0.25) is 0 Å². The predicted octanol–water partition coefficient (Wildman–Crippen LogP) is 2.81. The summed E-state index contributed by atoms with van der Waals surface area (Å²) in [6, 6.07) is 8.25. The second-order valence-electron chi connectivity index (χ2n) is 6.31. The predicted molar refractivity (Wildman–Crippen MR) is 99.3 cm³/mol. The van der Waals surface area contributed by atoms with Crippen molar-refractivity contribution in [2.75, 3.05) is 13.7 Å². The van der Waals surface area contributed by atoms with Crippen LogP contribution >= 0.6 is 11.3 Å². The minimum absolute atomic E-state index is 0.00470. The number of rotatable bonds is 4. The van der Waals surface area contributed by atoms with Gasteiger partial charge in [0, 0.05) is 24.7 Å². The van der Waals surface area contributed by atoms with Gasteiger partial charge in [-0.25, -0.2) is 0 Å². The third-order valence-electron chi connectivity index (χ3n) is 4.57. The number of piperidine rings is 1. The van der Waals surface area contributed by atoms with Crippen LogP contribution < -0.4 is 4.74 Å². The highest BCUT2D eigenvalue weighted by atomic mass is 32.1. The molecule has 9 heteroatoms. The lowest BCUT2D eigenvalue weighted by atomic mass is 10.0. The fourth-order valence-corrected chi connectivity index (χ4v) is 3.93. The highest BCUT2D eigenvalue weighted by Crippen LogP contribution is 2.31. The number of amides is 1. The molecule has 1 aromatic carbocycles. The van der Waals surface area contributed by atoms with Crippen molar-refractivity contribution in [2.45, 2.75) is 25.3 Å². The van der Waals surface area contributed by atoms with Crippen molar-refractivity contribution < 1.29 is 14.6 Å². The SMILES string of the molecule is COc1cc(O)cc(-n2nnc(C3CCCCN3C(=O)c3cccs3)n2)c1. The summed E-state index contributed by atoms with van der Waals surface area (Å²) in [4.78, 5) is 16.7. The largest absolute Gasteiger partial charge is 0.508 e. The van der Waals surface area contributed by atoms with Crippen molar-refractivity contribution in [3.8, 4) is 17.2 Å². The molecule has 27 heavy (non-hydrogen) atoms. The molecule has 0 bridgehead atoms. The van der Waals surface area contributed by atoms with E-state index in [1.165, 1.54) is 35.4 Å². The van der Waals surface area contributed by atoms with Crippen molar-refractivity contribution in [1.82, 2.24) is 25.1 Å². The summed E-state index contributed by atoms with van der Waals surface area (Å²) >= 11 is 1.44. The summed E-state index contributed by atoms with van der Waals surface area (Å²) in [5.74, 6) is 1.05. The van der Waals surface area contributed by atoms with Crippen molar-refractivity contribution >= 4 is 17.2 Å². The fourth-order valence-electron chi connectivity index (χ4n) is 3.25. The van der Waals surface area contributed by atoms with Crippen LogP contribution in [0, 0.1) is 0 Å². The quantitative estimate of drug-likeness (QED) is 0.742. The van der Waals surface area contributed by atoms with E-state index in [2.05, 4.69) is 15.4 Å². The van der Waals surface area contributed by atoms with E-state index in [4.69, 9.17) is 4.74 Å². The Morgan fingerprint density at radius 2 is 2.22 bits per heavy atom. The molecule has 3 heterocycles. The van der Waals surface area contributed by atoms with Crippen LogP contribution in [0.15, 0.2) is 35.7 Å². The summed E-state index contributed by atoms with van der Waals surface area (Å²) in [7, 11) is 1.52. The van der Waals surface area contributed by atoms with Crippen LogP contribution in [0.1, 0.15) is 40.8 Å². The number of carbonyl (C=O) groups is 1. The van der Waals surface area contributed by atoms with Gasteiger partial charge in [0.2, 0.25) is 0 Å². The number of hydrogen-bond acceptors (Lipinski definition) is 7. The second-order valence-corrected chi connectivity index (χ2v) is 7.26. The Morgan fingerprint density at radius 1 is 1.33 bits per heavy atom. The third kappa shape index (κ3) is 3.50. The van der Waals surface area contributed by atoms with Crippen LogP contribution in [0.3, 0.4) is 0 Å². The minimum Gasteiger partial charge on any atom is -0.508 e. The maximum atomic E-state index is 12.9. The number of phenolic OH excluding ortho intramolecular Hbond substituents is 1. The normalized spacial score (nSPS) is 17.1. The van der Waals surface area contributed by atoms with Gasteiger partial charge in [-0.05, 0) is 35.9 Å². The number of nitrogens with zero attached hydrogens (tertiary/aromatic N) is 5. The van der Waals surface area contributed by atoms with Gasteiger partial charge in [-0.1, -0.05) is 6.07 Å². The van der Waals surface area contributed by atoms with E-state index in [-0.39, 0.29) is 17.7 Å². The van der Waals surface area contributed by atoms with E-state index in [0.29, 0.717) is 28.7 Å². The molecule has 2 aromatic heterocycles. The smallest absolute Gasteiger partial charge is 0.264 e. The number of thiophene rings is 1. The molecule has 1 fully saturated rings. The minimum atomic E-state index is -0.207. The molecule has 0 aliphatic carbocycles. The van der Waals surface area contributed by atoms with E-state index in [9.17, 15) is 9.90 Å². The van der Waals surface area contributed by atoms with Crippen molar-refractivity contribution in [3.63, 3.8) is 0 Å². The van der Waals surface area contributed by atoms with E-state index < -0.39 is 0 Å². The topological polar surface area (TPSA) is 93.4 Å². The maximum Gasteiger partial charge on any atom is 0.264 e. The van der Waals surface area contributed by atoms with E-state index in [1.54, 1.807) is 6.07 Å². The number of aromatic nitrogens is 4. The summed E-state index contributed by atoms with van der Waals surface area (Å²) in [5, 5.41) is 24.5. The van der Waals surface area contributed by atoms with Gasteiger partial charge in [-0.15, -0.1) is 26.3 Å².